The van der Waals surface area contributed by atoms with Crippen molar-refractivity contribution < 1.29 is 18.7 Å². The molecule has 140 valence electrons. The minimum Gasteiger partial charge on any atom is -0.487 e. The minimum atomic E-state index is -0.329. The van der Waals surface area contributed by atoms with Crippen LogP contribution < -0.4 is 15.4 Å². The number of thiazole rings is 1. The third-order valence-corrected chi connectivity index (χ3v) is 4.44. The predicted octanol–water partition coefficient (Wildman–Crippen LogP) is 2.67. The van der Waals surface area contributed by atoms with Gasteiger partial charge in [-0.3, -0.25) is 9.59 Å². The van der Waals surface area contributed by atoms with Crippen molar-refractivity contribution in [2.24, 2.45) is 0 Å². The summed E-state index contributed by atoms with van der Waals surface area (Å²) in [5.41, 5.74) is 1.32. The summed E-state index contributed by atoms with van der Waals surface area (Å²) in [6, 6.07) is 10.2. The first-order valence-electron chi connectivity index (χ1n) is 8.31. The summed E-state index contributed by atoms with van der Waals surface area (Å²) in [5.74, 6) is 0.676. The molecule has 0 unspecified atom stereocenters. The SMILES string of the molecule is Cc1nc(COc2ccc(C(=O)NCC(=O)NCc3ccco3)cc2)cs1. The number of rotatable bonds is 8. The first-order valence-corrected chi connectivity index (χ1v) is 9.19. The smallest absolute Gasteiger partial charge is 0.251 e. The van der Waals surface area contributed by atoms with E-state index >= 15 is 0 Å². The highest BCUT2D eigenvalue weighted by Gasteiger charge is 2.09. The van der Waals surface area contributed by atoms with E-state index in [1.54, 1.807) is 47.7 Å². The fraction of sp³-hybridized carbons (Fsp3) is 0.211. The fourth-order valence-electron chi connectivity index (χ4n) is 2.26. The second-order valence-electron chi connectivity index (χ2n) is 5.71. The van der Waals surface area contributed by atoms with Crippen LogP contribution in [0.1, 0.15) is 26.8 Å². The fourth-order valence-corrected chi connectivity index (χ4v) is 2.86. The lowest BCUT2D eigenvalue weighted by Crippen LogP contribution is -2.36. The Morgan fingerprint density at radius 3 is 2.67 bits per heavy atom. The van der Waals surface area contributed by atoms with Gasteiger partial charge in [-0.2, -0.15) is 0 Å². The molecule has 0 fully saturated rings. The molecule has 0 radical (unpaired) electrons. The Hall–Kier alpha value is -3.13. The van der Waals surface area contributed by atoms with Crippen LogP contribution in [-0.4, -0.2) is 23.3 Å². The molecule has 0 aliphatic rings. The van der Waals surface area contributed by atoms with E-state index in [9.17, 15) is 9.59 Å². The summed E-state index contributed by atoms with van der Waals surface area (Å²) in [4.78, 5) is 28.2. The van der Waals surface area contributed by atoms with E-state index in [-0.39, 0.29) is 24.9 Å². The number of nitrogens with zero attached hydrogens (tertiary/aromatic N) is 1. The van der Waals surface area contributed by atoms with Gasteiger partial charge >= 0.3 is 0 Å². The maximum Gasteiger partial charge on any atom is 0.251 e. The Morgan fingerprint density at radius 2 is 2.00 bits per heavy atom. The normalized spacial score (nSPS) is 10.4. The number of ether oxygens (including phenoxy) is 1. The van der Waals surface area contributed by atoms with Gasteiger partial charge < -0.3 is 19.8 Å². The van der Waals surface area contributed by atoms with Crippen molar-refractivity contribution in [1.29, 1.82) is 0 Å². The molecule has 2 N–H and O–H groups in total. The zero-order valence-corrected chi connectivity index (χ0v) is 15.5. The molecule has 2 aromatic heterocycles. The van der Waals surface area contributed by atoms with Crippen molar-refractivity contribution in [1.82, 2.24) is 15.6 Å². The molecule has 0 spiro atoms. The van der Waals surface area contributed by atoms with E-state index < -0.39 is 0 Å². The van der Waals surface area contributed by atoms with E-state index in [1.165, 1.54) is 6.26 Å². The van der Waals surface area contributed by atoms with E-state index in [4.69, 9.17) is 9.15 Å². The van der Waals surface area contributed by atoms with Crippen LogP contribution >= 0.6 is 11.3 Å². The number of carbonyl (C=O) groups excluding carboxylic acids is 2. The quantitative estimate of drug-likeness (QED) is 0.622. The molecule has 0 aliphatic heterocycles. The van der Waals surface area contributed by atoms with Gasteiger partial charge in [0.25, 0.3) is 5.91 Å². The molecule has 0 saturated carbocycles. The van der Waals surface area contributed by atoms with E-state index in [0.29, 0.717) is 23.7 Å². The first-order chi connectivity index (χ1) is 13.1. The van der Waals surface area contributed by atoms with Gasteiger partial charge in [0.1, 0.15) is 18.1 Å². The summed E-state index contributed by atoms with van der Waals surface area (Å²) in [7, 11) is 0. The summed E-state index contributed by atoms with van der Waals surface area (Å²) < 4.78 is 10.8. The number of aryl methyl sites for hydroxylation is 1. The first kappa shape index (κ1) is 18.7. The highest BCUT2D eigenvalue weighted by molar-refractivity contribution is 7.09. The van der Waals surface area contributed by atoms with Crippen LogP contribution in [0.3, 0.4) is 0 Å². The van der Waals surface area contributed by atoms with Gasteiger partial charge in [0.2, 0.25) is 5.91 Å². The molecule has 3 aromatic rings. The zero-order chi connectivity index (χ0) is 19.1. The third kappa shape index (κ3) is 5.68. The van der Waals surface area contributed by atoms with E-state index in [1.807, 2.05) is 12.3 Å². The molecule has 0 aliphatic carbocycles. The van der Waals surface area contributed by atoms with Crippen molar-refractivity contribution in [3.05, 3.63) is 70.1 Å². The number of benzene rings is 1. The topological polar surface area (TPSA) is 93.5 Å². The number of furan rings is 1. The average molecular weight is 385 g/mol. The lowest BCUT2D eigenvalue weighted by atomic mass is 10.2. The molecular weight excluding hydrogens is 366 g/mol. The highest BCUT2D eigenvalue weighted by Crippen LogP contribution is 2.15. The van der Waals surface area contributed by atoms with Gasteiger partial charge in [-0.25, -0.2) is 4.98 Å². The van der Waals surface area contributed by atoms with Crippen molar-refractivity contribution in [3.8, 4) is 5.75 Å². The third-order valence-electron chi connectivity index (χ3n) is 3.62. The molecule has 2 amide bonds. The Labute approximate surface area is 160 Å². The lowest BCUT2D eigenvalue weighted by molar-refractivity contribution is -0.120. The van der Waals surface area contributed by atoms with Crippen LogP contribution in [0, 0.1) is 6.92 Å². The van der Waals surface area contributed by atoms with Gasteiger partial charge in [-0.05, 0) is 43.3 Å². The van der Waals surface area contributed by atoms with Crippen LogP contribution in [0.4, 0.5) is 0 Å². The second-order valence-corrected chi connectivity index (χ2v) is 6.77. The highest BCUT2D eigenvalue weighted by atomic mass is 32.1. The molecule has 7 nitrogen and oxygen atoms in total. The summed E-state index contributed by atoms with van der Waals surface area (Å²) in [6.07, 6.45) is 1.54. The van der Waals surface area contributed by atoms with Crippen LogP contribution in [0.15, 0.2) is 52.5 Å². The van der Waals surface area contributed by atoms with Gasteiger partial charge in [-0.15, -0.1) is 11.3 Å². The number of amides is 2. The predicted molar refractivity (Wildman–Crippen MR) is 101 cm³/mol. The van der Waals surface area contributed by atoms with Gasteiger partial charge in [0, 0.05) is 10.9 Å². The molecule has 2 heterocycles. The maximum atomic E-state index is 12.1. The monoisotopic (exact) mass is 385 g/mol. The standard InChI is InChI=1S/C19H19N3O4S/c1-13-22-15(12-27-13)11-26-16-6-4-14(5-7-16)19(24)21-10-18(23)20-9-17-3-2-8-25-17/h2-8,12H,9-11H2,1H3,(H,20,23)(H,21,24). The van der Waals surface area contributed by atoms with Crippen molar-refractivity contribution >= 4 is 23.2 Å². The zero-order valence-electron chi connectivity index (χ0n) is 14.7. The number of hydrogen-bond acceptors (Lipinski definition) is 6. The average Bonchev–Trinajstić information content (AvgIpc) is 3.34. The Kier molecular flexibility index (Phi) is 6.22. The number of carbonyl (C=O) groups is 2. The van der Waals surface area contributed by atoms with E-state index in [0.717, 1.165) is 10.7 Å². The van der Waals surface area contributed by atoms with Crippen LogP contribution in [0.2, 0.25) is 0 Å². The second kappa shape index (κ2) is 9.00. The van der Waals surface area contributed by atoms with Crippen molar-refractivity contribution in [3.63, 3.8) is 0 Å². The molecule has 0 saturated heterocycles. The van der Waals surface area contributed by atoms with Crippen LogP contribution in [0.25, 0.3) is 0 Å². The van der Waals surface area contributed by atoms with Gasteiger partial charge in [-0.1, -0.05) is 0 Å². The maximum absolute atomic E-state index is 12.1. The van der Waals surface area contributed by atoms with Crippen LogP contribution in [0.5, 0.6) is 5.75 Å². The summed E-state index contributed by atoms with van der Waals surface area (Å²) in [5, 5.41) is 8.19. The minimum absolute atomic E-state index is 0.110. The molecule has 27 heavy (non-hydrogen) atoms. The molecule has 0 bridgehead atoms. The van der Waals surface area contributed by atoms with E-state index in [2.05, 4.69) is 15.6 Å². The van der Waals surface area contributed by atoms with Crippen molar-refractivity contribution in [2.75, 3.05) is 6.54 Å². The molecule has 3 rings (SSSR count). The molecule has 8 heteroatoms. The summed E-state index contributed by atoms with van der Waals surface area (Å²) >= 11 is 1.57. The number of nitrogens with one attached hydrogen (secondary N) is 2. The number of hydrogen-bond donors (Lipinski definition) is 2. The van der Waals surface area contributed by atoms with Gasteiger partial charge in [0.15, 0.2) is 0 Å². The molecule has 1 aromatic carbocycles. The van der Waals surface area contributed by atoms with Gasteiger partial charge in [0.05, 0.1) is 30.1 Å². The summed E-state index contributed by atoms with van der Waals surface area (Å²) in [6.45, 7) is 2.50. The molecule has 0 atom stereocenters. The largest absolute Gasteiger partial charge is 0.487 e. The Balaban J connectivity index is 1.42. The lowest BCUT2D eigenvalue weighted by Gasteiger charge is -2.07. The van der Waals surface area contributed by atoms with Crippen molar-refractivity contribution in [2.45, 2.75) is 20.1 Å². The van der Waals surface area contributed by atoms with Crippen LogP contribution in [-0.2, 0) is 17.9 Å². The Morgan fingerprint density at radius 1 is 1.19 bits per heavy atom. The Bertz CT molecular complexity index is 888. The molecular formula is C19H19N3O4S. The number of aromatic nitrogens is 1.